The van der Waals surface area contributed by atoms with Crippen LogP contribution in [0.25, 0.3) is 0 Å². The van der Waals surface area contributed by atoms with Crippen molar-refractivity contribution in [3.8, 4) is 5.75 Å². The van der Waals surface area contributed by atoms with Gasteiger partial charge in [0.2, 0.25) is 0 Å². The molecule has 17 heavy (non-hydrogen) atoms. The van der Waals surface area contributed by atoms with Crippen molar-refractivity contribution in [3.05, 3.63) is 39.9 Å². The maximum Gasteiger partial charge on any atom is 0.167 e. The molecule has 1 aromatic rings. The van der Waals surface area contributed by atoms with Gasteiger partial charge in [0.05, 0.1) is 10.0 Å². The van der Waals surface area contributed by atoms with E-state index < -0.39 is 17.7 Å². The molecule has 6 heteroatoms. The fraction of sp³-hybridized carbons (Fsp3) is 0.273. The van der Waals surface area contributed by atoms with Crippen LogP contribution in [0, 0.1) is 11.6 Å². The molecule has 0 heterocycles. The number of phenolic OH excluding ortho intramolecular Hbond substituents is 1. The summed E-state index contributed by atoms with van der Waals surface area (Å²) in [6, 6.07) is 0.0475. The van der Waals surface area contributed by atoms with Crippen LogP contribution in [0.5, 0.6) is 5.75 Å². The van der Waals surface area contributed by atoms with Gasteiger partial charge < -0.3 is 10.8 Å². The second-order valence-electron chi connectivity index (χ2n) is 3.68. The molecule has 0 fully saturated rings. The van der Waals surface area contributed by atoms with Gasteiger partial charge in [-0.3, -0.25) is 0 Å². The lowest BCUT2D eigenvalue weighted by Gasteiger charge is -2.15. The zero-order valence-electron chi connectivity index (χ0n) is 9.14. The first-order valence-corrected chi connectivity index (χ1v) is 5.40. The van der Waals surface area contributed by atoms with Gasteiger partial charge in [-0.1, -0.05) is 5.57 Å². The maximum absolute atomic E-state index is 13.5. The van der Waals surface area contributed by atoms with Crippen LogP contribution in [-0.2, 0) is 0 Å². The van der Waals surface area contributed by atoms with E-state index in [1.165, 1.54) is 0 Å². The summed E-state index contributed by atoms with van der Waals surface area (Å²) in [6.07, 6.45) is 0.278. The Morgan fingerprint density at radius 2 is 2.12 bits per heavy atom. The Bertz CT molecular complexity index is 414. The average Bonchev–Trinajstić information content (AvgIpc) is 2.14. The summed E-state index contributed by atoms with van der Waals surface area (Å²) < 4.78 is 26.7. The first kappa shape index (κ1) is 16.4. The van der Waals surface area contributed by atoms with E-state index >= 15 is 0 Å². The molecule has 1 atom stereocenters. The van der Waals surface area contributed by atoms with E-state index in [4.69, 9.17) is 5.73 Å². The molecule has 1 rings (SSSR count). The van der Waals surface area contributed by atoms with Crippen molar-refractivity contribution in [1.82, 2.24) is 0 Å². The first-order chi connectivity index (χ1) is 7.34. The Labute approximate surface area is 113 Å². The van der Waals surface area contributed by atoms with E-state index in [2.05, 4.69) is 22.5 Å². The van der Waals surface area contributed by atoms with E-state index in [-0.39, 0.29) is 34.6 Å². The van der Waals surface area contributed by atoms with Crippen LogP contribution in [-0.4, -0.2) is 5.11 Å². The second-order valence-corrected chi connectivity index (χ2v) is 4.54. The van der Waals surface area contributed by atoms with Crippen LogP contribution < -0.4 is 5.73 Å². The van der Waals surface area contributed by atoms with Crippen molar-refractivity contribution in [2.45, 2.75) is 19.4 Å². The van der Waals surface area contributed by atoms with Gasteiger partial charge in [-0.15, -0.1) is 19.0 Å². The lowest BCUT2D eigenvalue weighted by Crippen LogP contribution is -2.14. The average molecular weight is 329 g/mol. The van der Waals surface area contributed by atoms with Crippen molar-refractivity contribution in [2.24, 2.45) is 5.73 Å². The van der Waals surface area contributed by atoms with Crippen LogP contribution in [0.2, 0.25) is 0 Å². The molecule has 0 aliphatic carbocycles. The Morgan fingerprint density at radius 1 is 1.59 bits per heavy atom. The van der Waals surface area contributed by atoms with Gasteiger partial charge >= 0.3 is 0 Å². The maximum atomic E-state index is 13.5. The second kappa shape index (κ2) is 6.33. The molecule has 2 nitrogen and oxygen atoms in total. The molecule has 0 unspecified atom stereocenters. The van der Waals surface area contributed by atoms with Crippen LogP contribution in [0.4, 0.5) is 8.78 Å². The third-order valence-electron chi connectivity index (χ3n) is 2.12. The molecule has 3 N–H and O–H groups in total. The Balaban J connectivity index is 0.00000256. The van der Waals surface area contributed by atoms with Crippen LogP contribution >= 0.6 is 28.3 Å². The molecular formula is C11H13BrClF2NO. The molecule has 0 aromatic heterocycles. The summed E-state index contributed by atoms with van der Waals surface area (Å²) in [7, 11) is 0. The highest BCUT2D eigenvalue weighted by Gasteiger charge is 2.22. The Morgan fingerprint density at radius 3 is 2.59 bits per heavy atom. The lowest BCUT2D eigenvalue weighted by molar-refractivity contribution is 0.427. The predicted octanol–water partition coefficient (Wildman–Crippen LogP) is 3.82. The van der Waals surface area contributed by atoms with Crippen molar-refractivity contribution >= 4 is 28.3 Å². The Kier molecular flexibility index (Phi) is 6.09. The fourth-order valence-corrected chi connectivity index (χ4v) is 1.83. The van der Waals surface area contributed by atoms with Crippen LogP contribution in [0.3, 0.4) is 0 Å². The highest BCUT2D eigenvalue weighted by atomic mass is 79.9. The van der Waals surface area contributed by atoms with E-state index in [1.54, 1.807) is 6.92 Å². The molecule has 0 bridgehead atoms. The van der Waals surface area contributed by atoms with Crippen molar-refractivity contribution in [2.75, 3.05) is 0 Å². The number of nitrogens with two attached hydrogens (primary N) is 1. The van der Waals surface area contributed by atoms with E-state index in [1.807, 2.05) is 0 Å². The number of hydrogen-bond acceptors (Lipinski definition) is 2. The molecule has 0 spiro atoms. The van der Waals surface area contributed by atoms with Crippen LogP contribution in [0.1, 0.15) is 24.9 Å². The van der Waals surface area contributed by atoms with Gasteiger partial charge in [-0.2, -0.15) is 0 Å². The third-order valence-corrected chi connectivity index (χ3v) is 2.72. The van der Waals surface area contributed by atoms with Gasteiger partial charge in [-0.25, -0.2) is 8.78 Å². The minimum Gasteiger partial charge on any atom is -0.506 e. The summed E-state index contributed by atoms with van der Waals surface area (Å²) in [5.74, 6) is -2.53. The van der Waals surface area contributed by atoms with Gasteiger partial charge in [0.25, 0.3) is 0 Å². The number of phenols is 1. The highest BCUT2D eigenvalue weighted by molar-refractivity contribution is 9.10. The molecular weight excluding hydrogens is 315 g/mol. The highest BCUT2D eigenvalue weighted by Crippen LogP contribution is 2.36. The van der Waals surface area contributed by atoms with E-state index in [0.717, 1.165) is 11.6 Å². The molecule has 0 radical (unpaired) electrons. The summed E-state index contributed by atoms with van der Waals surface area (Å²) in [4.78, 5) is 0. The zero-order chi connectivity index (χ0) is 12.5. The van der Waals surface area contributed by atoms with Crippen molar-refractivity contribution < 1.29 is 13.9 Å². The minimum absolute atomic E-state index is 0. The molecule has 0 aliphatic rings. The quantitative estimate of drug-likeness (QED) is 0.654. The summed E-state index contributed by atoms with van der Waals surface area (Å²) in [5, 5.41) is 9.62. The number of hydrogen-bond donors (Lipinski definition) is 2. The largest absolute Gasteiger partial charge is 0.506 e. The van der Waals surface area contributed by atoms with Gasteiger partial charge in [0.1, 0.15) is 5.75 Å². The number of halogens is 4. The van der Waals surface area contributed by atoms with Gasteiger partial charge in [0.15, 0.2) is 11.6 Å². The van der Waals surface area contributed by atoms with Gasteiger partial charge in [0, 0.05) is 6.04 Å². The fourth-order valence-electron chi connectivity index (χ4n) is 1.42. The van der Waals surface area contributed by atoms with Gasteiger partial charge in [-0.05, 0) is 35.3 Å². The van der Waals surface area contributed by atoms with Crippen LogP contribution in [0.15, 0.2) is 22.7 Å². The molecule has 0 aliphatic heterocycles. The molecule has 0 amide bonds. The normalized spacial score (nSPS) is 11.8. The first-order valence-electron chi connectivity index (χ1n) is 4.61. The Hall–Kier alpha value is -0.650. The standard InChI is InChI=1S/C11H12BrF2NO.ClH/c1-5(2)3-8(15)9-10(14)7(13)4-6(12)11(9)16;/h4,8,16H,1,3,15H2,2H3;1H/t8-;/m1./s1. The predicted molar refractivity (Wildman–Crippen MR) is 69.3 cm³/mol. The molecule has 96 valence electrons. The number of aromatic hydroxyl groups is 1. The number of benzene rings is 1. The molecule has 1 aromatic carbocycles. The third kappa shape index (κ3) is 3.66. The van der Waals surface area contributed by atoms with E-state index in [9.17, 15) is 13.9 Å². The molecule has 0 saturated heterocycles. The van der Waals surface area contributed by atoms with E-state index in [0.29, 0.717) is 0 Å². The molecule has 0 saturated carbocycles. The van der Waals surface area contributed by atoms with Crippen molar-refractivity contribution in [1.29, 1.82) is 0 Å². The smallest absolute Gasteiger partial charge is 0.167 e. The zero-order valence-corrected chi connectivity index (χ0v) is 11.5. The monoisotopic (exact) mass is 327 g/mol. The van der Waals surface area contributed by atoms with Crippen molar-refractivity contribution in [3.63, 3.8) is 0 Å². The lowest BCUT2D eigenvalue weighted by atomic mass is 9.99. The topological polar surface area (TPSA) is 46.2 Å². The SMILES string of the molecule is C=C(C)C[C@@H](N)c1c(O)c(Br)cc(F)c1F.Cl. The summed E-state index contributed by atoms with van der Waals surface area (Å²) >= 11 is 2.93. The minimum atomic E-state index is -1.12. The summed E-state index contributed by atoms with van der Waals surface area (Å²) in [6.45, 7) is 5.36. The number of rotatable bonds is 3. The summed E-state index contributed by atoms with van der Waals surface area (Å²) in [5.41, 5.74) is 6.19.